The zero-order chi connectivity index (χ0) is 14.1. The third kappa shape index (κ3) is 2.14. The van der Waals surface area contributed by atoms with Gasteiger partial charge in [-0.15, -0.1) is 0 Å². The van der Waals surface area contributed by atoms with Crippen molar-refractivity contribution in [3.8, 4) is 11.3 Å². The van der Waals surface area contributed by atoms with Gasteiger partial charge in [0.25, 0.3) is 0 Å². The summed E-state index contributed by atoms with van der Waals surface area (Å²) in [5.74, 6) is -0.918. The summed E-state index contributed by atoms with van der Waals surface area (Å²) in [5, 5.41) is 11.1. The molecule has 0 unspecified atom stereocenters. The molecule has 0 saturated carbocycles. The van der Waals surface area contributed by atoms with Gasteiger partial charge in [-0.3, -0.25) is 4.98 Å². The Kier molecular flexibility index (Phi) is 2.95. The van der Waals surface area contributed by atoms with Crippen LogP contribution in [-0.4, -0.2) is 16.1 Å². The van der Waals surface area contributed by atoms with E-state index in [-0.39, 0.29) is 5.56 Å². The number of aryl methyl sites for hydroxylation is 1. The van der Waals surface area contributed by atoms with Crippen molar-refractivity contribution in [2.45, 2.75) is 6.92 Å². The number of nitrogens with zero attached hydrogens (tertiary/aromatic N) is 1. The van der Waals surface area contributed by atoms with E-state index in [0.29, 0.717) is 0 Å². The van der Waals surface area contributed by atoms with Gasteiger partial charge in [0.15, 0.2) is 0 Å². The van der Waals surface area contributed by atoms with E-state index < -0.39 is 5.97 Å². The first-order valence-electron chi connectivity index (χ1n) is 6.35. The van der Waals surface area contributed by atoms with Gasteiger partial charge in [-0.25, -0.2) is 4.79 Å². The number of aromatic carboxylic acids is 1. The molecule has 98 valence electrons. The monoisotopic (exact) mass is 263 g/mol. The topological polar surface area (TPSA) is 50.2 Å². The van der Waals surface area contributed by atoms with E-state index >= 15 is 0 Å². The Morgan fingerprint density at radius 1 is 1.05 bits per heavy atom. The highest BCUT2D eigenvalue weighted by atomic mass is 16.4. The fourth-order valence-corrected chi connectivity index (χ4v) is 2.32. The van der Waals surface area contributed by atoms with Gasteiger partial charge >= 0.3 is 5.97 Å². The SMILES string of the molecule is Cc1cccc(-c2cccc3ccc(C(=O)O)cc23)n1. The first-order chi connectivity index (χ1) is 9.65. The van der Waals surface area contributed by atoms with Gasteiger partial charge in [-0.2, -0.15) is 0 Å². The Hall–Kier alpha value is -2.68. The average Bonchev–Trinajstić information content (AvgIpc) is 2.46. The van der Waals surface area contributed by atoms with Crippen LogP contribution in [0.3, 0.4) is 0 Å². The first kappa shape index (κ1) is 12.4. The number of aromatic nitrogens is 1. The molecule has 3 nitrogen and oxygen atoms in total. The van der Waals surface area contributed by atoms with E-state index in [1.807, 2.05) is 49.4 Å². The van der Waals surface area contributed by atoms with Crippen molar-refractivity contribution in [3.05, 3.63) is 65.9 Å². The molecule has 0 aliphatic rings. The lowest BCUT2D eigenvalue weighted by atomic mass is 9.99. The summed E-state index contributed by atoms with van der Waals surface area (Å²) in [7, 11) is 0. The fraction of sp³-hybridized carbons (Fsp3) is 0.0588. The van der Waals surface area contributed by atoms with Crippen LogP contribution in [0, 0.1) is 6.92 Å². The van der Waals surface area contributed by atoms with Gasteiger partial charge in [-0.05, 0) is 42.0 Å². The van der Waals surface area contributed by atoms with Gasteiger partial charge in [0.1, 0.15) is 0 Å². The maximum absolute atomic E-state index is 11.1. The van der Waals surface area contributed by atoms with Crippen LogP contribution in [0.1, 0.15) is 16.1 Å². The van der Waals surface area contributed by atoms with Crippen LogP contribution in [0.5, 0.6) is 0 Å². The second-order valence-corrected chi connectivity index (χ2v) is 4.71. The third-order valence-electron chi connectivity index (χ3n) is 3.29. The predicted octanol–water partition coefficient (Wildman–Crippen LogP) is 3.91. The largest absolute Gasteiger partial charge is 0.478 e. The summed E-state index contributed by atoms with van der Waals surface area (Å²) in [4.78, 5) is 15.7. The summed E-state index contributed by atoms with van der Waals surface area (Å²) in [5.41, 5.74) is 3.04. The summed E-state index contributed by atoms with van der Waals surface area (Å²) in [6, 6.07) is 16.9. The zero-order valence-corrected chi connectivity index (χ0v) is 11.0. The molecule has 0 fully saturated rings. The molecule has 1 N–H and O–H groups in total. The smallest absolute Gasteiger partial charge is 0.335 e. The van der Waals surface area contributed by atoms with E-state index in [4.69, 9.17) is 5.11 Å². The number of pyridine rings is 1. The highest BCUT2D eigenvalue weighted by Crippen LogP contribution is 2.28. The summed E-state index contributed by atoms with van der Waals surface area (Å²) in [6.07, 6.45) is 0. The molecule has 2 aromatic carbocycles. The van der Waals surface area contributed by atoms with E-state index in [2.05, 4.69) is 4.98 Å². The van der Waals surface area contributed by atoms with Gasteiger partial charge in [0.2, 0.25) is 0 Å². The summed E-state index contributed by atoms with van der Waals surface area (Å²) < 4.78 is 0. The highest BCUT2D eigenvalue weighted by Gasteiger charge is 2.08. The van der Waals surface area contributed by atoms with Crippen molar-refractivity contribution < 1.29 is 9.90 Å². The third-order valence-corrected chi connectivity index (χ3v) is 3.29. The van der Waals surface area contributed by atoms with Crippen LogP contribution in [0.2, 0.25) is 0 Å². The number of carboxylic acid groups (broad SMARTS) is 1. The lowest BCUT2D eigenvalue weighted by molar-refractivity contribution is 0.0697. The Morgan fingerprint density at radius 2 is 1.85 bits per heavy atom. The van der Waals surface area contributed by atoms with E-state index in [1.54, 1.807) is 12.1 Å². The minimum absolute atomic E-state index is 0.289. The minimum atomic E-state index is -0.918. The molecule has 0 bridgehead atoms. The van der Waals surface area contributed by atoms with Gasteiger partial charge in [0.05, 0.1) is 11.3 Å². The maximum atomic E-state index is 11.1. The molecule has 0 aliphatic carbocycles. The number of carbonyl (C=O) groups is 1. The molecule has 20 heavy (non-hydrogen) atoms. The molecule has 3 rings (SSSR count). The van der Waals surface area contributed by atoms with Crippen molar-refractivity contribution in [1.82, 2.24) is 4.98 Å². The lowest BCUT2D eigenvalue weighted by Gasteiger charge is -2.07. The first-order valence-corrected chi connectivity index (χ1v) is 6.35. The Labute approximate surface area is 116 Å². The van der Waals surface area contributed by atoms with Crippen LogP contribution in [-0.2, 0) is 0 Å². The molecule has 3 heteroatoms. The fourth-order valence-electron chi connectivity index (χ4n) is 2.32. The van der Waals surface area contributed by atoms with Crippen LogP contribution in [0.25, 0.3) is 22.0 Å². The summed E-state index contributed by atoms with van der Waals surface area (Å²) >= 11 is 0. The second kappa shape index (κ2) is 4.78. The minimum Gasteiger partial charge on any atom is -0.478 e. The van der Waals surface area contributed by atoms with Gasteiger partial charge in [-0.1, -0.05) is 30.3 Å². The normalized spacial score (nSPS) is 10.7. The van der Waals surface area contributed by atoms with Crippen molar-refractivity contribution in [2.75, 3.05) is 0 Å². The molecule has 3 aromatic rings. The molecule has 0 atom stereocenters. The number of rotatable bonds is 2. The molecule has 0 spiro atoms. The molecule has 0 radical (unpaired) electrons. The average molecular weight is 263 g/mol. The van der Waals surface area contributed by atoms with Crippen LogP contribution < -0.4 is 0 Å². The van der Waals surface area contributed by atoms with Gasteiger partial charge < -0.3 is 5.11 Å². The number of hydrogen-bond donors (Lipinski definition) is 1. The van der Waals surface area contributed by atoms with Crippen molar-refractivity contribution in [2.24, 2.45) is 0 Å². The lowest BCUT2D eigenvalue weighted by Crippen LogP contribution is -1.96. The molecule has 0 aliphatic heterocycles. The van der Waals surface area contributed by atoms with Crippen LogP contribution in [0.4, 0.5) is 0 Å². The Morgan fingerprint density at radius 3 is 2.60 bits per heavy atom. The van der Waals surface area contributed by atoms with Crippen molar-refractivity contribution in [1.29, 1.82) is 0 Å². The predicted molar refractivity (Wildman–Crippen MR) is 78.9 cm³/mol. The molecule has 1 aromatic heterocycles. The molecule has 1 heterocycles. The van der Waals surface area contributed by atoms with Crippen molar-refractivity contribution >= 4 is 16.7 Å². The maximum Gasteiger partial charge on any atom is 0.335 e. The number of fused-ring (bicyclic) bond motifs is 1. The standard InChI is InChI=1S/C17H13NO2/c1-11-4-2-7-16(18-11)14-6-3-5-12-8-9-13(17(19)20)10-15(12)14/h2-10H,1H3,(H,19,20). The van der Waals surface area contributed by atoms with E-state index in [9.17, 15) is 4.79 Å². The Bertz CT molecular complexity index is 809. The van der Waals surface area contributed by atoms with E-state index in [1.165, 1.54) is 0 Å². The molecule has 0 saturated heterocycles. The second-order valence-electron chi connectivity index (χ2n) is 4.71. The quantitative estimate of drug-likeness (QED) is 0.762. The zero-order valence-electron chi connectivity index (χ0n) is 11.0. The molecular formula is C17H13NO2. The van der Waals surface area contributed by atoms with Gasteiger partial charge in [0, 0.05) is 11.3 Å². The van der Waals surface area contributed by atoms with Crippen LogP contribution in [0.15, 0.2) is 54.6 Å². The number of carboxylic acids is 1. The highest BCUT2D eigenvalue weighted by molar-refractivity contribution is 6.00. The number of hydrogen-bond acceptors (Lipinski definition) is 2. The summed E-state index contributed by atoms with van der Waals surface area (Å²) in [6.45, 7) is 1.94. The van der Waals surface area contributed by atoms with E-state index in [0.717, 1.165) is 27.7 Å². The number of benzene rings is 2. The molecule has 0 amide bonds. The van der Waals surface area contributed by atoms with Crippen molar-refractivity contribution in [3.63, 3.8) is 0 Å². The molecular weight excluding hydrogens is 250 g/mol. The van der Waals surface area contributed by atoms with Crippen LogP contribution >= 0.6 is 0 Å². The Balaban J connectivity index is 2.29.